The minimum Gasteiger partial charge on any atom is -0.468 e. The molecule has 126 valence electrons. The number of carbonyl (C=O) groups excluding carboxylic acids is 2. The zero-order chi connectivity index (χ0) is 17.3. The monoisotopic (exact) mass is 340 g/mol. The molecule has 0 radical (unpaired) electrons. The Morgan fingerprint density at radius 2 is 1.57 bits per heavy atom. The maximum Gasteiger partial charge on any atom is 0.323 e. The van der Waals surface area contributed by atoms with Crippen LogP contribution in [0.3, 0.4) is 0 Å². The zero-order valence-corrected chi connectivity index (χ0v) is 14.1. The Hall–Kier alpha value is -1.89. The van der Waals surface area contributed by atoms with Crippen LogP contribution in [0.2, 0.25) is 0 Å². The van der Waals surface area contributed by atoms with Crippen molar-refractivity contribution in [1.82, 2.24) is 0 Å². The van der Waals surface area contributed by atoms with Gasteiger partial charge in [0, 0.05) is 0 Å². The van der Waals surface area contributed by atoms with Gasteiger partial charge in [0.1, 0.15) is 0 Å². The Bertz CT molecular complexity index is 679. The second-order valence-corrected chi connectivity index (χ2v) is 8.01. The van der Waals surface area contributed by atoms with Crippen molar-refractivity contribution in [3.63, 3.8) is 0 Å². The highest BCUT2D eigenvalue weighted by Gasteiger charge is 2.59. The van der Waals surface area contributed by atoms with Gasteiger partial charge in [-0.2, -0.15) is 0 Å². The van der Waals surface area contributed by atoms with Crippen LogP contribution in [0.1, 0.15) is 19.8 Å². The van der Waals surface area contributed by atoms with Crippen LogP contribution in [0, 0.1) is 11.3 Å². The van der Waals surface area contributed by atoms with E-state index in [9.17, 15) is 18.0 Å². The molecule has 0 amide bonds. The normalized spacial score (nSPS) is 23.3. The fourth-order valence-electron chi connectivity index (χ4n) is 3.32. The SMILES string of the molecule is COC(=O)C1(C(=O)OC)C[C@@H](C)[C@@H](S(=O)(=O)c2ccccc2)C1. The summed E-state index contributed by atoms with van der Waals surface area (Å²) in [5.74, 6) is -1.87. The standard InChI is InChI=1S/C16H20O6S/c1-11-9-16(14(17)21-2,15(18)22-3)10-13(11)23(19,20)12-7-5-4-6-8-12/h4-8,11,13H,9-10H2,1-3H3/t11-,13+/m1/s1. The van der Waals surface area contributed by atoms with Crippen molar-refractivity contribution in [3.8, 4) is 0 Å². The minimum atomic E-state index is -3.66. The van der Waals surface area contributed by atoms with Gasteiger partial charge >= 0.3 is 11.9 Å². The van der Waals surface area contributed by atoms with Crippen LogP contribution >= 0.6 is 0 Å². The van der Waals surface area contributed by atoms with E-state index in [4.69, 9.17) is 9.47 Å². The lowest BCUT2D eigenvalue weighted by Crippen LogP contribution is -2.40. The lowest BCUT2D eigenvalue weighted by Gasteiger charge is -2.23. The van der Waals surface area contributed by atoms with Crippen LogP contribution in [-0.4, -0.2) is 39.8 Å². The molecular formula is C16H20O6S. The highest BCUT2D eigenvalue weighted by molar-refractivity contribution is 7.92. The molecule has 6 nitrogen and oxygen atoms in total. The number of methoxy groups -OCH3 is 2. The Kier molecular flexibility index (Phi) is 4.79. The molecule has 1 aromatic carbocycles. The molecule has 0 aliphatic heterocycles. The van der Waals surface area contributed by atoms with Crippen LogP contribution in [0.15, 0.2) is 35.2 Å². The van der Waals surface area contributed by atoms with Crippen molar-refractivity contribution in [2.75, 3.05) is 14.2 Å². The van der Waals surface area contributed by atoms with E-state index in [0.717, 1.165) is 0 Å². The molecule has 2 atom stereocenters. The predicted molar refractivity (Wildman–Crippen MR) is 82.3 cm³/mol. The predicted octanol–water partition coefficient (Wildman–Crippen LogP) is 1.59. The molecule has 0 N–H and O–H groups in total. The molecule has 1 fully saturated rings. The number of rotatable bonds is 4. The second kappa shape index (κ2) is 6.31. The summed E-state index contributed by atoms with van der Waals surface area (Å²) in [4.78, 5) is 24.5. The van der Waals surface area contributed by atoms with Gasteiger partial charge in [-0.25, -0.2) is 8.42 Å². The molecule has 0 saturated heterocycles. The molecule has 0 aromatic heterocycles. The van der Waals surface area contributed by atoms with Crippen LogP contribution in [0.4, 0.5) is 0 Å². The van der Waals surface area contributed by atoms with E-state index in [1.54, 1.807) is 25.1 Å². The van der Waals surface area contributed by atoms with Gasteiger partial charge in [0.15, 0.2) is 15.3 Å². The number of carbonyl (C=O) groups is 2. The smallest absolute Gasteiger partial charge is 0.323 e. The molecule has 7 heteroatoms. The largest absolute Gasteiger partial charge is 0.468 e. The zero-order valence-electron chi connectivity index (χ0n) is 13.3. The first-order valence-corrected chi connectivity index (χ1v) is 8.80. The molecule has 1 aliphatic rings. The molecule has 0 bridgehead atoms. The molecule has 2 rings (SSSR count). The Labute approximate surface area is 135 Å². The quantitative estimate of drug-likeness (QED) is 0.611. The van der Waals surface area contributed by atoms with Gasteiger partial charge in [-0.15, -0.1) is 0 Å². The van der Waals surface area contributed by atoms with Crippen LogP contribution < -0.4 is 0 Å². The average Bonchev–Trinajstić information content (AvgIpc) is 2.93. The van der Waals surface area contributed by atoms with Gasteiger partial charge in [-0.05, 0) is 30.9 Å². The first kappa shape index (κ1) is 17.5. The molecule has 0 spiro atoms. The lowest BCUT2D eigenvalue weighted by molar-refractivity contribution is -0.168. The third-order valence-electron chi connectivity index (χ3n) is 4.48. The summed E-state index contributed by atoms with van der Waals surface area (Å²) in [5, 5.41) is -0.844. The van der Waals surface area contributed by atoms with Crippen molar-refractivity contribution >= 4 is 21.8 Å². The van der Waals surface area contributed by atoms with E-state index in [-0.39, 0.29) is 23.7 Å². The van der Waals surface area contributed by atoms with E-state index in [1.165, 1.54) is 26.4 Å². The summed E-state index contributed by atoms with van der Waals surface area (Å²) in [6, 6.07) is 8.03. The molecule has 23 heavy (non-hydrogen) atoms. The molecular weight excluding hydrogens is 320 g/mol. The molecule has 1 aliphatic carbocycles. The van der Waals surface area contributed by atoms with Crippen LogP contribution in [0.5, 0.6) is 0 Å². The number of sulfone groups is 1. The fraction of sp³-hybridized carbons (Fsp3) is 0.500. The van der Waals surface area contributed by atoms with E-state index in [2.05, 4.69) is 0 Å². The van der Waals surface area contributed by atoms with Crippen molar-refractivity contribution in [1.29, 1.82) is 0 Å². The van der Waals surface area contributed by atoms with Gasteiger partial charge in [0.05, 0.1) is 24.4 Å². The van der Waals surface area contributed by atoms with E-state index in [1.807, 2.05) is 0 Å². The second-order valence-electron chi connectivity index (χ2n) is 5.85. The third kappa shape index (κ3) is 2.85. The fourth-order valence-corrected chi connectivity index (χ4v) is 5.41. The summed E-state index contributed by atoms with van der Waals surface area (Å²) >= 11 is 0. The number of hydrogen-bond acceptors (Lipinski definition) is 6. The Morgan fingerprint density at radius 1 is 1.04 bits per heavy atom. The average molecular weight is 340 g/mol. The van der Waals surface area contributed by atoms with Crippen molar-refractivity contribution in [2.24, 2.45) is 11.3 Å². The number of benzene rings is 1. The summed E-state index contributed by atoms with van der Waals surface area (Å²) in [7, 11) is -1.30. The number of ether oxygens (including phenoxy) is 2. The van der Waals surface area contributed by atoms with Gasteiger partial charge < -0.3 is 9.47 Å². The highest BCUT2D eigenvalue weighted by atomic mass is 32.2. The lowest BCUT2D eigenvalue weighted by atomic mass is 9.85. The highest BCUT2D eigenvalue weighted by Crippen LogP contribution is 2.47. The van der Waals surface area contributed by atoms with Crippen molar-refractivity contribution in [3.05, 3.63) is 30.3 Å². The first-order chi connectivity index (χ1) is 10.8. The Balaban J connectivity index is 2.44. The van der Waals surface area contributed by atoms with Crippen LogP contribution in [-0.2, 0) is 28.9 Å². The number of esters is 2. The number of hydrogen-bond donors (Lipinski definition) is 0. The summed E-state index contributed by atoms with van der Waals surface area (Å²) < 4.78 is 35.2. The topological polar surface area (TPSA) is 86.7 Å². The molecule has 1 saturated carbocycles. The van der Waals surface area contributed by atoms with Crippen molar-refractivity contribution < 1.29 is 27.5 Å². The molecule has 0 unspecified atom stereocenters. The summed E-state index contributed by atoms with van der Waals surface area (Å²) in [6.45, 7) is 1.72. The molecule has 1 aromatic rings. The van der Waals surface area contributed by atoms with E-state index in [0.29, 0.717) is 0 Å². The Morgan fingerprint density at radius 3 is 2.04 bits per heavy atom. The van der Waals surface area contributed by atoms with E-state index < -0.39 is 32.4 Å². The van der Waals surface area contributed by atoms with Crippen LogP contribution in [0.25, 0.3) is 0 Å². The van der Waals surface area contributed by atoms with Gasteiger partial charge in [0.25, 0.3) is 0 Å². The maximum absolute atomic E-state index is 12.9. The van der Waals surface area contributed by atoms with Gasteiger partial charge in [-0.3, -0.25) is 9.59 Å². The van der Waals surface area contributed by atoms with E-state index >= 15 is 0 Å². The molecule has 0 heterocycles. The van der Waals surface area contributed by atoms with Crippen molar-refractivity contribution in [2.45, 2.75) is 29.9 Å². The maximum atomic E-state index is 12.9. The van der Waals surface area contributed by atoms with Gasteiger partial charge in [-0.1, -0.05) is 25.1 Å². The minimum absolute atomic E-state index is 0.0864. The first-order valence-electron chi connectivity index (χ1n) is 7.25. The summed E-state index contributed by atoms with van der Waals surface area (Å²) in [6.07, 6.45) is -0.0478. The van der Waals surface area contributed by atoms with Gasteiger partial charge in [0.2, 0.25) is 0 Å². The third-order valence-corrected chi connectivity index (χ3v) is 6.83. The summed E-state index contributed by atoms with van der Waals surface area (Å²) in [5.41, 5.74) is -1.56.